The Morgan fingerprint density at radius 1 is 0.969 bits per heavy atom. The maximum absolute atomic E-state index is 14.2. The first-order valence-corrected chi connectivity index (χ1v) is 21.4. The van der Waals surface area contributed by atoms with Crippen LogP contribution in [0.3, 0.4) is 0 Å². The van der Waals surface area contributed by atoms with Gasteiger partial charge < -0.3 is 64.8 Å². The molecule has 5 amide bonds. The minimum Gasteiger partial charge on any atom is -0.507 e. The van der Waals surface area contributed by atoms with Gasteiger partial charge in [0.05, 0.1) is 49.2 Å². The second kappa shape index (κ2) is 18.4. The molecule has 4 heterocycles. The SMILES string of the molecule is COc1cccc2c1C(=O)c1c(O)c3c(c(O)c1C2=O)C[C@@](O)(C(=O)N[C@H](CO)C(=O)NCCNC(=O)CCN1C(=O)CCC1=O)C[C@@H]3O[C@H]1C[C@H]2[C@H](O[C@@H]3[C@@H](OC)OCCN32)[C@H](C)O1. The van der Waals surface area contributed by atoms with E-state index in [1.54, 1.807) is 6.92 Å². The van der Waals surface area contributed by atoms with Crippen LogP contribution in [0.4, 0.5) is 0 Å². The third kappa shape index (κ3) is 8.33. The Kier molecular flexibility index (Phi) is 13.0. The third-order valence-corrected chi connectivity index (χ3v) is 12.9. The highest BCUT2D eigenvalue weighted by atomic mass is 16.7. The van der Waals surface area contributed by atoms with E-state index in [2.05, 4.69) is 20.9 Å². The monoisotopic (exact) mass is 909 g/mol. The Labute approximate surface area is 371 Å². The van der Waals surface area contributed by atoms with Crippen molar-refractivity contribution in [2.75, 3.05) is 53.6 Å². The normalized spacial score (nSPS) is 28.7. The number of aliphatic hydroxyl groups is 2. The molecule has 350 valence electrons. The van der Waals surface area contributed by atoms with Gasteiger partial charge in [0.15, 0.2) is 24.6 Å². The topological polar surface area (TPSA) is 298 Å². The number of nitrogens with one attached hydrogen (secondary N) is 3. The second-order valence-corrected chi connectivity index (χ2v) is 16.7. The molecule has 6 aliphatic rings. The number of methoxy groups -OCH3 is 2. The number of rotatable bonds is 14. The summed E-state index contributed by atoms with van der Waals surface area (Å²) in [6.45, 7) is 1.37. The van der Waals surface area contributed by atoms with Gasteiger partial charge in [0, 0.05) is 94.5 Å². The number of imide groups is 1. The molecule has 0 unspecified atom stereocenters. The Bertz CT molecular complexity index is 2290. The number of morpholine rings is 1. The molecule has 0 radical (unpaired) electrons. The first kappa shape index (κ1) is 46.0. The lowest BCUT2D eigenvalue weighted by Crippen LogP contribution is -2.58. The number of phenolic OH excluding ortho intramolecular Hbond substituents is 2. The van der Waals surface area contributed by atoms with Crippen LogP contribution in [0.25, 0.3) is 0 Å². The average Bonchev–Trinajstić information content (AvgIpc) is 3.83. The van der Waals surface area contributed by atoms with Gasteiger partial charge in [0.1, 0.15) is 35.0 Å². The van der Waals surface area contributed by atoms with E-state index >= 15 is 0 Å². The van der Waals surface area contributed by atoms with Crippen molar-refractivity contribution in [3.63, 3.8) is 0 Å². The van der Waals surface area contributed by atoms with E-state index in [1.807, 2.05) is 0 Å². The zero-order chi connectivity index (χ0) is 46.5. The van der Waals surface area contributed by atoms with E-state index < -0.39 is 120 Å². The molecule has 9 atom stereocenters. The zero-order valence-corrected chi connectivity index (χ0v) is 35.8. The Balaban J connectivity index is 1.03. The van der Waals surface area contributed by atoms with Crippen molar-refractivity contribution in [1.82, 2.24) is 25.8 Å². The van der Waals surface area contributed by atoms with Crippen LogP contribution in [0.15, 0.2) is 18.2 Å². The first-order valence-electron chi connectivity index (χ1n) is 21.4. The van der Waals surface area contributed by atoms with Gasteiger partial charge in [0.2, 0.25) is 29.4 Å². The molecule has 65 heavy (non-hydrogen) atoms. The summed E-state index contributed by atoms with van der Waals surface area (Å²) in [5.74, 6) is -6.42. The van der Waals surface area contributed by atoms with Gasteiger partial charge in [-0.3, -0.25) is 43.4 Å². The lowest BCUT2D eigenvalue weighted by Gasteiger charge is -2.43. The van der Waals surface area contributed by atoms with Crippen molar-refractivity contribution in [2.45, 2.75) is 100 Å². The van der Waals surface area contributed by atoms with Crippen molar-refractivity contribution in [1.29, 1.82) is 0 Å². The van der Waals surface area contributed by atoms with Crippen molar-refractivity contribution in [3.8, 4) is 17.2 Å². The molecule has 0 spiro atoms. The summed E-state index contributed by atoms with van der Waals surface area (Å²) in [5.41, 5.74) is -4.35. The maximum atomic E-state index is 14.2. The van der Waals surface area contributed by atoms with E-state index in [0.29, 0.717) is 13.2 Å². The van der Waals surface area contributed by atoms with Gasteiger partial charge >= 0.3 is 0 Å². The predicted molar refractivity (Wildman–Crippen MR) is 217 cm³/mol. The highest BCUT2D eigenvalue weighted by Gasteiger charge is 2.55. The fourth-order valence-corrected chi connectivity index (χ4v) is 9.67. The average molecular weight is 910 g/mol. The van der Waals surface area contributed by atoms with Crippen LogP contribution in [0, 0.1) is 0 Å². The molecule has 2 aliphatic carbocycles. The predicted octanol–water partition coefficient (Wildman–Crippen LogP) is -1.60. The number of ketones is 2. The van der Waals surface area contributed by atoms with Gasteiger partial charge in [-0.05, 0) is 13.0 Å². The summed E-state index contributed by atoms with van der Waals surface area (Å²) in [6.07, 6.45) is -5.97. The molecule has 22 nitrogen and oxygen atoms in total. The number of benzene rings is 2. The minimum atomic E-state index is -2.54. The molecule has 0 saturated carbocycles. The molecule has 8 rings (SSSR count). The lowest BCUT2D eigenvalue weighted by atomic mass is 9.72. The number of aromatic hydroxyl groups is 2. The van der Waals surface area contributed by atoms with E-state index in [1.165, 1.54) is 32.4 Å². The number of ether oxygens (including phenoxy) is 6. The summed E-state index contributed by atoms with van der Waals surface area (Å²) in [5, 5.41) is 53.9. The van der Waals surface area contributed by atoms with Crippen molar-refractivity contribution >= 4 is 41.1 Å². The summed E-state index contributed by atoms with van der Waals surface area (Å²) in [4.78, 5) is 94.7. The van der Waals surface area contributed by atoms with Gasteiger partial charge in [-0.25, -0.2) is 0 Å². The van der Waals surface area contributed by atoms with Crippen LogP contribution >= 0.6 is 0 Å². The van der Waals surface area contributed by atoms with Gasteiger partial charge in [-0.1, -0.05) is 12.1 Å². The van der Waals surface area contributed by atoms with E-state index in [-0.39, 0.29) is 91.2 Å². The number of hydrogen-bond acceptors (Lipinski definition) is 18. The number of hydrogen-bond donors (Lipinski definition) is 7. The molecule has 0 bridgehead atoms. The number of carbonyl (C=O) groups is 7. The highest BCUT2D eigenvalue weighted by molar-refractivity contribution is 6.31. The standard InChI is InChI=1S/C43H51N5O17/c1-19-38-23(47-13-14-62-41(61-3)40(47)65-38)15-29(63-19)64-25-17-43(59,42(58)46-22(18-49)39(57)45-11-10-44-26(50)9-12-48-27(51)7-8-28(48)52)16-21-31(25)37(56)33-32(35(21)54)34(53)20-5-4-6-24(60-2)30(20)36(33)55/h4-6,19,22-23,25,29,38,40-41,49,54,56,59H,7-18H2,1-3H3,(H,44,50)(H,45,57)(H,46,58)/t19-,22+,23-,25-,29-,38+,40+,41-,43-/m0/s1. The van der Waals surface area contributed by atoms with E-state index in [4.69, 9.17) is 28.4 Å². The van der Waals surface area contributed by atoms with Gasteiger partial charge in [-0.2, -0.15) is 0 Å². The molecule has 0 aromatic heterocycles. The second-order valence-electron chi connectivity index (χ2n) is 16.7. The molecule has 4 saturated heterocycles. The Morgan fingerprint density at radius 2 is 1.69 bits per heavy atom. The Morgan fingerprint density at radius 3 is 2.40 bits per heavy atom. The summed E-state index contributed by atoms with van der Waals surface area (Å²) in [7, 11) is 2.81. The van der Waals surface area contributed by atoms with E-state index in [9.17, 15) is 54.0 Å². The number of phenols is 2. The smallest absolute Gasteiger partial charge is 0.253 e. The number of likely N-dealkylation sites (tertiary alicyclic amines) is 1. The number of carbonyl (C=O) groups excluding carboxylic acids is 7. The maximum Gasteiger partial charge on any atom is 0.253 e. The molecule has 7 N–H and O–H groups in total. The summed E-state index contributed by atoms with van der Waals surface area (Å²) >= 11 is 0. The van der Waals surface area contributed by atoms with Gasteiger partial charge in [0.25, 0.3) is 5.91 Å². The van der Waals surface area contributed by atoms with Crippen LogP contribution in [-0.2, 0) is 54.1 Å². The van der Waals surface area contributed by atoms with Crippen LogP contribution in [0.1, 0.15) is 88.1 Å². The molecule has 4 aliphatic heterocycles. The van der Waals surface area contributed by atoms with Crippen molar-refractivity contribution in [2.24, 2.45) is 0 Å². The fourth-order valence-electron chi connectivity index (χ4n) is 9.67. The van der Waals surface area contributed by atoms with Crippen LogP contribution in [0.2, 0.25) is 0 Å². The van der Waals surface area contributed by atoms with Crippen LogP contribution in [0.5, 0.6) is 17.2 Å². The number of aliphatic hydroxyl groups excluding tert-OH is 1. The molecule has 4 fully saturated rings. The zero-order valence-electron chi connectivity index (χ0n) is 35.8. The largest absolute Gasteiger partial charge is 0.507 e. The third-order valence-electron chi connectivity index (χ3n) is 12.9. The summed E-state index contributed by atoms with van der Waals surface area (Å²) in [6, 6.07) is 2.39. The van der Waals surface area contributed by atoms with Crippen molar-refractivity contribution in [3.05, 3.63) is 51.6 Å². The molecule has 2 aromatic rings. The molecule has 22 heteroatoms. The van der Waals surface area contributed by atoms with Crippen LogP contribution in [-0.4, -0.2) is 174 Å². The molecular formula is C43H51N5O17. The molecule has 2 aromatic carbocycles. The number of fused-ring (bicyclic) bond motifs is 6. The minimum absolute atomic E-state index is 0.0506. The lowest BCUT2D eigenvalue weighted by molar-refractivity contribution is -0.256. The van der Waals surface area contributed by atoms with Gasteiger partial charge in [-0.15, -0.1) is 0 Å². The summed E-state index contributed by atoms with van der Waals surface area (Å²) < 4.78 is 35.7. The molecular weight excluding hydrogens is 858 g/mol. The highest BCUT2D eigenvalue weighted by Crippen LogP contribution is 2.53. The van der Waals surface area contributed by atoms with Crippen molar-refractivity contribution < 1.29 is 82.4 Å². The van der Waals surface area contributed by atoms with E-state index in [0.717, 1.165) is 4.90 Å². The number of amides is 5. The first-order chi connectivity index (χ1) is 31.1. The fraction of sp³-hybridized carbons (Fsp3) is 0.558. The van der Waals surface area contributed by atoms with Crippen LogP contribution < -0.4 is 20.7 Å². The number of nitrogens with zero attached hydrogens (tertiary/aromatic N) is 2. The Hall–Kier alpha value is -5.59. The quantitative estimate of drug-likeness (QED) is 0.0544.